The predicted molar refractivity (Wildman–Crippen MR) is 136 cm³/mol. The average Bonchev–Trinajstić information content (AvgIpc) is 3.65. The van der Waals surface area contributed by atoms with Crippen LogP contribution in [0.4, 0.5) is 32.0 Å². The molecule has 2 heterocycles. The maximum atomic E-state index is 13.8. The van der Waals surface area contributed by atoms with Gasteiger partial charge in [-0.1, -0.05) is 18.2 Å². The van der Waals surface area contributed by atoms with Crippen LogP contribution in [0.15, 0.2) is 66.9 Å². The number of carbonyl (C=O) groups excluding carboxylic acids is 1. The van der Waals surface area contributed by atoms with Crippen molar-refractivity contribution in [3.63, 3.8) is 0 Å². The van der Waals surface area contributed by atoms with Gasteiger partial charge in [0.2, 0.25) is 5.91 Å². The molecule has 2 unspecified atom stereocenters. The van der Waals surface area contributed by atoms with E-state index in [-0.39, 0.29) is 18.4 Å². The average molecular weight is 564 g/mol. The number of hydrogen-bond donors (Lipinski definition) is 1. The number of nitrogens with one attached hydrogen (secondary N) is 1. The number of aromatic nitrogens is 1. The first-order valence-electron chi connectivity index (χ1n) is 12.8. The van der Waals surface area contributed by atoms with Crippen molar-refractivity contribution in [2.45, 2.75) is 69.2 Å². The van der Waals surface area contributed by atoms with E-state index in [1.54, 1.807) is 19.9 Å². The number of hydrogen-bond acceptors (Lipinski definition) is 4. The highest BCUT2D eigenvalue weighted by atomic mass is 19.4. The van der Waals surface area contributed by atoms with E-state index in [1.807, 2.05) is 18.2 Å². The Kier molecular flexibility index (Phi) is 7.06. The molecule has 1 aliphatic heterocycles. The van der Waals surface area contributed by atoms with E-state index < -0.39 is 41.2 Å². The second-order valence-corrected chi connectivity index (χ2v) is 10.6. The van der Waals surface area contributed by atoms with Gasteiger partial charge >= 0.3 is 12.4 Å². The lowest BCUT2D eigenvalue weighted by Gasteiger charge is -2.30. The van der Waals surface area contributed by atoms with Gasteiger partial charge in [0.05, 0.1) is 23.8 Å². The number of benzene rings is 2. The molecule has 2 fully saturated rings. The topological polar surface area (TPSA) is 54.5 Å². The fourth-order valence-electron chi connectivity index (χ4n) is 4.90. The molecule has 1 N–H and O–H groups in total. The molecule has 212 valence electrons. The number of pyridine rings is 1. The number of alkyl halides is 6. The molecule has 1 saturated carbocycles. The largest absolute Gasteiger partial charge is 0.490 e. The summed E-state index contributed by atoms with van der Waals surface area (Å²) in [6, 6.07) is 12.6. The van der Waals surface area contributed by atoms with Gasteiger partial charge < -0.3 is 9.64 Å². The molecule has 3 aromatic rings. The van der Waals surface area contributed by atoms with Crippen molar-refractivity contribution in [2.24, 2.45) is 0 Å². The van der Waals surface area contributed by atoms with E-state index >= 15 is 0 Å². The second-order valence-electron chi connectivity index (χ2n) is 10.6. The van der Waals surface area contributed by atoms with Crippen LogP contribution in [0.3, 0.4) is 0 Å². The van der Waals surface area contributed by atoms with E-state index in [1.165, 1.54) is 23.1 Å². The third-order valence-electron chi connectivity index (χ3n) is 7.16. The van der Waals surface area contributed by atoms with E-state index in [9.17, 15) is 31.1 Å². The third-order valence-corrected chi connectivity index (χ3v) is 7.16. The van der Waals surface area contributed by atoms with Crippen molar-refractivity contribution in [1.29, 1.82) is 0 Å². The van der Waals surface area contributed by atoms with Gasteiger partial charge in [0.25, 0.3) is 0 Å². The SMILES string of the molecule is CC(C)(NC1CC(c2cccc(OC3CC3)c2)N(c2ccc(C(F)(F)F)cc2)C1=O)c1ccc(C(F)(F)F)nc1. The summed E-state index contributed by atoms with van der Waals surface area (Å²) >= 11 is 0. The molecule has 1 aliphatic carbocycles. The Morgan fingerprint density at radius 1 is 0.900 bits per heavy atom. The zero-order chi connectivity index (χ0) is 28.9. The summed E-state index contributed by atoms with van der Waals surface area (Å²) in [5.41, 5.74) is -1.30. The quantitative estimate of drug-likeness (QED) is 0.314. The number of halogens is 6. The van der Waals surface area contributed by atoms with Gasteiger partial charge in [-0.05, 0) is 86.7 Å². The maximum absolute atomic E-state index is 13.8. The van der Waals surface area contributed by atoms with E-state index in [4.69, 9.17) is 4.74 Å². The first-order chi connectivity index (χ1) is 18.7. The minimum absolute atomic E-state index is 0.152. The lowest BCUT2D eigenvalue weighted by Crippen LogP contribution is -2.47. The number of rotatable bonds is 7. The molecule has 2 atom stereocenters. The minimum atomic E-state index is -4.58. The molecule has 11 heteroatoms. The highest BCUT2D eigenvalue weighted by molar-refractivity contribution is 6.00. The molecule has 1 aromatic heterocycles. The van der Waals surface area contributed by atoms with E-state index in [0.717, 1.165) is 42.8 Å². The van der Waals surface area contributed by atoms with Crippen LogP contribution >= 0.6 is 0 Å². The third kappa shape index (κ3) is 5.94. The summed E-state index contributed by atoms with van der Waals surface area (Å²) in [5, 5.41) is 3.25. The Morgan fingerprint density at radius 2 is 1.57 bits per heavy atom. The second kappa shape index (κ2) is 10.1. The Morgan fingerprint density at radius 3 is 2.15 bits per heavy atom. The molecular formula is C29H27F6N3O2. The Balaban J connectivity index is 1.45. The monoisotopic (exact) mass is 563 g/mol. The smallest absolute Gasteiger partial charge is 0.433 e. The van der Waals surface area contributed by atoms with Crippen LogP contribution in [-0.2, 0) is 22.7 Å². The number of anilines is 1. The molecule has 1 saturated heterocycles. The Bertz CT molecular complexity index is 1370. The molecule has 0 spiro atoms. The van der Waals surface area contributed by atoms with Crippen LogP contribution in [0.5, 0.6) is 5.75 Å². The summed E-state index contributed by atoms with van der Waals surface area (Å²) < 4.78 is 84.5. The summed E-state index contributed by atoms with van der Waals surface area (Å²) in [4.78, 5) is 18.8. The maximum Gasteiger partial charge on any atom is 0.433 e. The molecule has 5 nitrogen and oxygen atoms in total. The molecule has 0 bridgehead atoms. The molecule has 1 amide bonds. The number of carbonyl (C=O) groups is 1. The number of nitrogens with zero attached hydrogens (tertiary/aromatic N) is 2. The van der Waals surface area contributed by atoms with Gasteiger partial charge in [-0.15, -0.1) is 0 Å². The summed E-state index contributed by atoms with van der Waals surface area (Å²) in [6.07, 6.45) is -5.63. The van der Waals surface area contributed by atoms with Gasteiger partial charge in [-0.3, -0.25) is 15.1 Å². The molecule has 5 rings (SSSR count). The van der Waals surface area contributed by atoms with Crippen LogP contribution in [0, 0.1) is 0 Å². The first-order valence-corrected chi connectivity index (χ1v) is 12.8. The van der Waals surface area contributed by atoms with E-state index in [2.05, 4.69) is 10.3 Å². The van der Waals surface area contributed by atoms with Crippen molar-refractivity contribution < 1.29 is 35.9 Å². The van der Waals surface area contributed by atoms with Gasteiger partial charge in [0, 0.05) is 17.4 Å². The molecule has 2 aromatic carbocycles. The van der Waals surface area contributed by atoms with E-state index in [0.29, 0.717) is 17.0 Å². The van der Waals surface area contributed by atoms with Crippen molar-refractivity contribution in [2.75, 3.05) is 4.90 Å². The molecule has 0 radical (unpaired) electrons. The van der Waals surface area contributed by atoms with Crippen LogP contribution in [0.2, 0.25) is 0 Å². The van der Waals surface area contributed by atoms with Gasteiger partial charge in [-0.25, -0.2) is 0 Å². The highest BCUT2D eigenvalue weighted by Gasteiger charge is 2.44. The summed E-state index contributed by atoms with van der Waals surface area (Å²) in [6.45, 7) is 3.45. The van der Waals surface area contributed by atoms with Crippen molar-refractivity contribution >= 4 is 11.6 Å². The van der Waals surface area contributed by atoms with Gasteiger partial charge in [-0.2, -0.15) is 26.3 Å². The Hall–Kier alpha value is -3.60. The normalized spacial score (nSPS) is 20.2. The lowest BCUT2D eigenvalue weighted by atomic mass is 9.93. The molecule has 2 aliphatic rings. The zero-order valence-corrected chi connectivity index (χ0v) is 21.7. The van der Waals surface area contributed by atoms with Crippen molar-refractivity contribution in [3.05, 3.63) is 89.2 Å². The molecular weight excluding hydrogens is 536 g/mol. The van der Waals surface area contributed by atoms with Crippen LogP contribution in [0.25, 0.3) is 0 Å². The first kappa shape index (κ1) is 27.9. The highest BCUT2D eigenvalue weighted by Crippen LogP contribution is 2.41. The van der Waals surface area contributed by atoms with Crippen LogP contribution in [-0.4, -0.2) is 23.0 Å². The van der Waals surface area contributed by atoms with Gasteiger partial charge in [0.1, 0.15) is 11.4 Å². The van der Waals surface area contributed by atoms with Gasteiger partial charge in [0.15, 0.2) is 0 Å². The predicted octanol–water partition coefficient (Wildman–Crippen LogP) is 7.03. The van der Waals surface area contributed by atoms with Crippen molar-refractivity contribution in [3.8, 4) is 5.75 Å². The standard InChI is InChI=1S/C29H27F6N3O2/c1-27(2,19-8-13-25(36-16-19)29(33,34)35)37-23-15-24(17-4-3-5-22(14-17)40-21-11-12-21)38(26(23)39)20-9-6-18(7-10-20)28(30,31)32/h3-10,13-14,16,21,23-24,37H,11-12,15H2,1-2H3. The fourth-order valence-corrected chi connectivity index (χ4v) is 4.90. The van der Waals surface area contributed by atoms with Crippen LogP contribution in [0.1, 0.15) is 61.5 Å². The van der Waals surface area contributed by atoms with Crippen molar-refractivity contribution in [1.82, 2.24) is 10.3 Å². The number of amides is 1. The molecule has 40 heavy (non-hydrogen) atoms. The minimum Gasteiger partial charge on any atom is -0.490 e. The van der Waals surface area contributed by atoms with Crippen LogP contribution < -0.4 is 15.0 Å². The Labute approximate surface area is 227 Å². The number of ether oxygens (including phenoxy) is 1. The lowest BCUT2D eigenvalue weighted by molar-refractivity contribution is -0.141. The zero-order valence-electron chi connectivity index (χ0n) is 21.7. The summed E-state index contributed by atoms with van der Waals surface area (Å²) in [7, 11) is 0. The fraction of sp³-hybridized carbons (Fsp3) is 0.379. The summed E-state index contributed by atoms with van der Waals surface area (Å²) in [5.74, 6) is 0.276.